The molecular formula is C24H27N7O3S. The molecular weight excluding hydrogens is 466 g/mol. The van der Waals surface area contributed by atoms with Crippen molar-refractivity contribution in [2.24, 2.45) is 4.99 Å². The standard InChI is InChI=1S/C24H27N7O3S/c32-23-18(25-12-34-13-26-23)9-14-11-27-31-21(28-16-5-6-16)10-17(30-22(14)31)19-7-8-20(35-19)24(33)29-15-3-1-2-4-15/h7-8,10-11,15-16,28H,1-6,9,12-13H2,(H,26,32)(H,29,33). The van der Waals surface area contributed by atoms with Crippen LogP contribution in [-0.2, 0) is 16.0 Å². The number of fused-ring (bicyclic) bond motifs is 1. The predicted octanol–water partition coefficient (Wildman–Crippen LogP) is 2.75. The van der Waals surface area contributed by atoms with Gasteiger partial charge in [0.05, 0.1) is 21.6 Å². The van der Waals surface area contributed by atoms with Crippen molar-refractivity contribution in [1.29, 1.82) is 0 Å². The lowest BCUT2D eigenvalue weighted by molar-refractivity contribution is -0.116. The van der Waals surface area contributed by atoms with Crippen LogP contribution in [0.15, 0.2) is 29.4 Å². The molecule has 11 heteroatoms. The van der Waals surface area contributed by atoms with Gasteiger partial charge >= 0.3 is 0 Å². The number of nitrogens with zero attached hydrogens (tertiary/aromatic N) is 4. The quantitative estimate of drug-likeness (QED) is 0.465. The fourth-order valence-electron chi connectivity index (χ4n) is 4.50. The van der Waals surface area contributed by atoms with Gasteiger partial charge in [-0.15, -0.1) is 11.3 Å². The SMILES string of the molecule is O=C1NCOCN=C1Cc1cnn2c(NC3CC3)cc(-c3ccc(C(=O)NC4CCCC4)s3)nc12. The summed E-state index contributed by atoms with van der Waals surface area (Å²) in [5.74, 6) is 0.584. The molecule has 35 heavy (non-hydrogen) atoms. The number of ether oxygens (including phenoxy) is 1. The third-order valence-electron chi connectivity index (χ3n) is 6.55. The lowest BCUT2D eigenvalue weighted by atomic mass is 10.1. The fourth-order valence-corrected chi connectivity index (χ4v) is 5.37. The van der Waals surface area contributed by atoms with Crippen molar-refractivity contribution in [2.75, 3.05) is 18.8 Å². The lowest BCUT2D eigenvalue weighted by Crippen LogP contribution is -2.31. The van der Waals surface area contributed by atoms with Crippen molar-refractivity contribution in [3.8, 4) is 10.6 Å². The van der Waals surface area contributed by atoms with E-state index >= 15 is 0 Å². The highest BCUT2D eigenvalue weighted by Crippen LogP contribution is 2.32. The maximum absolute atomic E-state index is 12.8. The van der Waals surface area contributed by atoms with Gasteiger partial charge in [0.1, 0.15) is 25.0 Å². The summed E-state index contributed by atoms with van der Waals surface area (Å²) in [5.41, 5.74) is 2.63. The number of anilines is 1. The number of hydrogen-bond acceptors (Lipinski definition) is 8. The van der Waals surface area contributed by atoms with Crippen LogP contribution in [0.4, 0.5) is 5.82 Å². The molecule has 0 atom stereocenters. The Morgan fingerprint density at radius 3 is 2.89 bits per heavy atom. The van der Waals surface area contributed by atoms with E-state index in [1.54, 1.807) is 10.7 Å². The molecule has 3 N–H and O–H groups in total. The topological polar surface area (TPSA) is 122 Å². The zero-order valence-corrected chi connectivity index (χ0v) is 20.1. The first-order chi connectivity index (χ1) is 17.1. The van der Waals surface area contributed by atoms with E-state index in [4.69, 9.17) is 9.72 Å². The third kappa shape index (κ3) is 4.78. The van der Waals surface area contributed by atoms with Crippen LogP contribution in [-0.4, -0.2) is 57.7 Å². The van der Waals surface area contributed by atoms with E-state index in [-0.39, 0.29) is 31.3 Å². The first-order valence-corrected chi connectivity index (χ1v) is 12.9. The molecule has 2 fully saturated rings. The van der Waals surface area contributed by atoms with E-state index in [2.05, 4.69) is 26.0 Å². The second-order valence-corrected chi connectivity index (χ2v) is 10.3. The molecule has 2 aliphatic carbocycles. The molecule has 1 aliphatic heterocycles. The molecule has 0 bridgehead atoms. The minimum atomic E-state index is -0.245. The summed E-state index contributed by atoms with van der Waals surface area (Å²) in [6.07, 6.45) is 8.74. The average molecular weight is 494 g/mol. The monoisotopic (exact) mass is 493 g/mol. The molecule has 3 aromatic rings. The first kappa shape index (κ1) is 22.2. The van der Waals surface area contributed by atoms with E-state index < -0.39 is 0 Å². The molecule has 0 radical (unpaired) electrons. The Labute approximate surface area is 206 Å². The van der Waals surface area contributed by atoms with Crippen LogP contribution in [0.25, 0.3) is 16.2 Å². The van der Waals surface area contributed by atoms with Crippen molar-refractivity contribution in [2.45, 2.75) is 57.0 Å². The summed E-state index contributed by atoms with van der Waals surface area (Å²) in [5, 5.41) is 13.9. The second-order valence-electron chi connectivity index (χ2n) is 9.23. The van der Waals surface area contributed by atoms with Crippen LogP contribution >= 0.6 is 11.3 Å². The molecule has 3 aromatic heterocycles. The largest absolute Gasteiger partial charge is 0.367 e. The van der Waals surface area contributed by atoms with Gasteiger partial charge in [-0.1, -0.05) is 12.8 Å². The predicted molar refractivity (Wildman–Crippen MR) is 133 cm³/mol. The summed E-state index contributed by atoms with van der Waals surface area (Å²) < 4.78 is 7.00. The molecule has 0 aromatic carbocycles. The molecule has 182 valence electrons. The maximum Gasteiger partial charge on any atom is 0.267 e. The molecule has 2 amide bonds. The number of aliphatic imine (C=N–C) groups is 1. The summed E-state index contributed by atoms with van der Waals surface area (Å²) in [6, 6.07) is 6.50. The summed E-state index contributed by atoms with van der Waals surface area (Å²) >= 11 is 1.44. The number of nitrogens with one attached hydrogen (secondary N) is 3. The second kappa shape index (κ2) is 9.38. The van der Waals surface area contributed by atoms with Crippen LogP contribution in [0.1, 0.15) is 53.8 Å². The molecule has 0 spiro atoms. The van der Waals surface area contributed by atoms with Gasteiger partial charge in [0, 0.05) is 30.1 Å². The fraction of sp³-hybridized carbons (Fsp3) is 0.458. The minimum absolute atomic E-state index is 0.0183. The Kier molecular flexibility index (Phi) is 5.95. The Morgan fingerprint density at radius 1 is 1.20 bits per heavy atom. The summed E-state index contributed by atoms with van der Waals surface area (Å²) in [4.78, 5) is 35.9. The number of carbonyl (C=O) groups is 2. The highest BCUT2D eigenvalue weighted by atomic mass is 32.1. The van der Waals surface area contributed by atoms with Gasteiger partial charge in [-0.05, 0) is 37.8 Å². The van der Waals surface area contributed by atoms with Crippen LogP contribution < -0.4 is 16.0 Å². The zero-order chi connectivity index (χ0) is 23.8. The molecule has 6 rings (SSSR count). The van der Waals surface area contributed by atoms with Crippen molar-refractivity contribution in [3.05, 3.63) is 34.8 Å². The highest BCUT2D eigenvalue weighted by Gasteiger charge is 2.25. The summed E-state index contributed by atoms with van der Waals surface area (Å²) in [7, 11) is 0. The number of rotatable bonds is 7. The highest BCUT2D eigenvalue weighted by molar-refractivity contribution is 7.17. The number of thiophene rings is 1. The normalized spacial score (nSPS) is 18.9. The van der Waals surface area contributed by atoms with Crippen molar-refractivity contribution < 1.29 is 14.3 Å². The average Bonchev–Trinajstić information content (AvgIpc) is 3.23. The van der Waals surface area contributed by atoms with E-state index in [1.165, 1.54) is 24.2 Å². The molecule has 0 unspecified atom stereocenters. The Hall–Kier alpha value is -3.31. The smallest absolute Gasteiger partial charge is 0.267 e. The Morgan fingerprint density at radius 2 is 2.06 bits per heavy atom. The molecule has 4 heterocycles. The molecule has 0 saturated heterocycles. The van der Waals surface area contributed by atoms with E-state index in [0.29, 0.717) is 28.7 Å². The van der Waals surface area contributed by atoms with Crippen LogP contribution in [0.5, 0.6) is 0 Å². The van der Waals surface area contributed by atoms with Crippen molar-refractivity contribution >= 4 is 40.3 Å². The number of hydrogen-bond donors (Lipinski definition) is 3. The van der Waals surface area contributed by atoms with Crippen LogP contribution in [0.3, 0.4) is 0 Å². The van der Waals surface area contributed by atoms with Gasteiger partial charge in [-0.3, -0.25) is 14.6 Å². The van der Waals surface area contributed by atoms with Gasteiger partial charge < -0.3 is 20.7 Å². The lowest BCUT2D eigenvalue weighted by Gasteiger charge is -2.11. The van der Waals surface area contributed by atoms with Gasteiger partial charge in [-0.2, -0.15) is 9.61 Å². The van der Waals surface area contributed by atoms with Crippen LogP contribution in [0.2, 0.25) is 0 Å². The van der Waals surface area contributed by atoms with Gasteiger partial charge in [0.2, 0.25) is 0 Å². The van der Waals surface area contributed by atoms with Crippen LogP contribution in [0, 0.1) is 0 Å². The van der Waals surface area contributed by atoms with E-state index in [0.717, 1.165) is 47.6 Å². The minimum Gasteiger partial charge on any atom is -0.367 e. The third-order valence-corrected chi connectivity index (χ3v) is 7.65. The molecule has 2 saturated carbocycles. The number of aromatic nitrogens is 3. The Bertz CT molecular complexity index is 1300. The van der Waals surface area contributed by atoms with Gasteiger partial charge in [0.25, 0.3) is 11.8 Å². The zero-order valence-electron chi connectivity index (χ0n) is 19.2. The molecule has 3 aliphatic rings. The van der Waals surface area contributed by atoms with Crippen molar-refractivity contribution in [3.63, 3.8) is 0 Å². The number of amides is 2. The number of carbonyl (C=O) groups excluding carboxylic acids is 2. The van der Waals surface area contributed by atoms with E-state index in [9.17, 15) is 9.59 Å². The first-order valence-electron chi connectivity index (χ1n) is 12.1. The van der Waals surface area contributed by atoms with Crippen molar-refractivity contribution in [1.82, 2.24) is 25.2 Å². The van der Waals surface area contributed by atoms with E-state index in [1.807, 2.05) is 18.2 Å². The van der Waals surface area contributed by atoms with Gasteiger partial charge in [0.15, 0.2) is 5.65 Å². The maximum atomic E-state index is 12.8. The molecule has 10 nitrogen and oxygen atoms in total. The Balaban J connectivity index is 1.32. The summed E-state index contributed by atoms with van der Waals surface area (Å²) in [6.45, 7) is 0.287. The van der Waals surface area contributed by atoms with Gasteiger partial charge in [-0.25, -0.2) is 4.98 Å².